The summed E-state index contributed by atoms with van der Waals surface area (Å²) >= 11 is 0. The minimum Gasteiger partial charge on any atom is -0.314 e. The molecule has 148 valence electrons. The lowest BCUT2D eigenvalue weighted by molar-refractivity contribution is 0.360. The summed E-state index contributed by atoms with van der Waals surface area (Å²) in [6, 6.07) is 5.77. The third-order valence-corrected chi connectivity index (χ3v) is 8.51. The standard InChI is InChI=1S/C16H25N3O4S2.ClH/c20-24(21,18-10-3-1-2-4-11-18)15-6-5-7-16(14-15)25(22,23)19-12-8-17-9-13-19;/h5-7,14,17H,1-4,8-13H2;1H. The van der Waals surface area contributed by atoms with Crippen LogP contribution in [0.2, 0.25) is 0 Å². The molecular weight excluding hydrogens is 398 g/mol. The van der Waals surface area contributed by atoms with Gasteiger partial charge in [-0.2, -0.15) is 8.61 Å². The van der Waals surface area contributed by atoms with Gasteiger partial charge in [-0.15, -0.1) is 12.4 Å². The molecule has 0 aromatic heterocycles. The highest BCUT2D eigenvalue weighted by molar-refractivity contribution is 7.90. The number of piperazine rings is 1. The van der Waals surface area contributed by atoms with Gasteiger partial charge in [0.1, 0.15) is 0 Å². The lowest BCUT2D eigenvalue weighted by Crippen LogP contribution is -2.46. The lowest BCUT2D eigenvalue weighted by Gasteiger charge is -2.27. The summed E-state index contributed by atoms with van der Waals surface area (Å²) in [7, 11) is -7.33. The topological polar surface area (TPSA) is 86.8 Å². The Kier molecular flexibility index (Phi) is 7.46. The van der Waals surface area contributed by atoms with Crippen LogP contribution in [0.4, 0.5) is 0 Å². The predicted molar refractivity (Wildman–Crippen MR) is 103 cm³/mol. The van der Waals surface area contributed by atoms with Gasteiger partial charge in [0.15, 0.2) is 0 Å². The SMILES string of the molecule is Cl.O=S(=O)(c1cccc(S(=O)(=O)N2CCNCC2)c1)N1CCCCCC1. The maximum absolute atomic E-state index is 12.9. The Labute approximate surface area is 162 Å². The second-order valence-electron chi connectivity index (χ2n) is 6.45. The molecule has 0 unspecified atom stereocenters. The average molecular weight is 424 g/mol. The maximum Gasteiger partial charge on any atom is 0.243 e. The highest BCUT2D eigenvalue weighted by atomic mass is 35.5. The summed E-state index contributed by atoms with van der Waals surface area (Å²) in [6.07, 6.45) is 3.75. The summed E-state index contributed by atoms with van der Waals surface area (Å²) < 4.78 is 54.3. The lowest BCUT2D eigenvalue weighted by atomic mass is 10.2. The number of nitrogens with one attached hydrogen (secondary N) is 1. The summed E-state index contributed by atoms with van der Waals surface area (Å²) in [4.78, 5) is 0.107. The Bertz CT molecular complexity index is 801. The van der Waals surface area contributed by atoms with E-state index in [-0.39, 0.29) is 22.2 Å². The third-order valence-electron chi connectivity index (χ3n) is 4.72. The van der Waals surface area contributed by atoms with E-state index in [4.69, 9.17) is 0 Å². The fourth-order valence-corrected chi connectivity index (χ4v) is 6.39. The molecule has 26 heavy (non-hydrogen) atoms. The van der Waals surface area contributed by atoms with E-state index in [1.54, 1.807) is 0 Å². The third kappa shape index (κ3) is 4.58. The molecule has 0 spiro atoms. The first-order valence-electron chi connectivity index (χ1n) is 8.73. The fraction of sp³-hybridized carbons (Fsp3) is 0.625. The molecule has 0 atom stereocenters. The Hall–Kier alpha value is -0.710. The second-order valence-corrected chi connectivity index (χ2v) is 10.3. The zero-order valence-corrected chi connectivity index (χ0v) is 17.1. The highest BCUT2D eigenvalue weighted by Gasteiger charge is 2.29. The number of hydrogen-bond donors (Lipinski definition) is 1. The maximum atomic E-state index is 12.9. The number of rotatable bonds is 4. The predicted octanol–water partition coefficient (Wildman–Crippen LogP) is 1.27. The Morgan fingerprint density at radius 3 is 1.69 bits per heavy atom. The molecule has 0 aliphatic carbocycles. The van der Waals surface area contributed by atoms with Crippen molar-refractivity contribution in [3.63, 3.8) is 0 Å². The van der Waals surface area contributed by atoms with Crippen molar-refractivity contribution in [2.45, 2.75) is 35.5 Å². The highest BCUT2D eigenvalue weighted by Crippen LogP contribution is 2.24. The number of hydrogen-bond acceptors (Lipinski definition) is 5. The van der Waals surface area contributed by atoms with Gasteiger partial charge in [0.25, 0.3) is 0 Å². The van der Waals surface area contributed by atoms with Crippen LogP contribution in [0.3, 0.4) is 0 Å². The van der Waals surface area contributed by atoms with Crippen molar-refractivity contribution in [3.8, 4) is 0 Å². The Balaban J connectivity index is 0.00000243. The molecule has 2 aliphatic heterocycles. The van der Waals surface area contributed by atoms with E-state index in [0.717, 1.165) is 25.7 Å². The van der Waals surface area contributed by atoms with Crippen molar-refractivity contribution < 1.29 is 16.8 Å². The number of nitrogens with zero attached hydrogens (tertiary/aromatic N) is 2. The summed E-state index contributed by atoms with van der Waals surface area (Å²) in [5.74, 6) is 0. The molecule has 2 saturated heterocycles. The molecule has 2 aliphatic rings. The number of benzene rings is 1. The van der Waals surface area contributed by atoms with Gasteiger partial charge in [0, 0.05) is 39.3 Å². The zero-order valence-electron chi connectivity index (χ0n) is 14.6. The monoisotopic (exact) mass is 423 g/mol. The van der Waals surface area contributed by atoms with E-state index in [1.165, 1.54) is 32.9 Å². The molecule has 0 bridgehead atoms. The first kappa shape index (κ1) is 21.6. The van der Waals surface area contributed by atoms with Crippen molar-refractivity contribution in [1.82, 2.24) is 13.9 Å². The molecule has 3 rings (SSSR count). The molecule has 0 saturated carbocycles. The van der Waals surface area contributed by atoms with Crippen LogP contribution in [0.15, 0.2) is 34.1 Å². The summed E-state index contributed by atoms with van der Waals surface area (Å²) in [6.45, 7) is 2.99. The molecule has 0 radical (unpaired) electrons. The summed E-state index contributed by atoms with van der Waals surface area (Å²) in [5.41, 5.74) is 0. The van der Waals surface area contributed by atoms with Gasteiger partial charge in [0.2, 0.25) is 20.0 Å². The van der Waals surface area contributed by atoms with Gasteiger partial charge in [-0.3, -0.25) is 0 Å². The minimum absolute atomic E-state index is 0. The van der Waals surface area contributed by atoms with Crippen molar-refractivity contribution in [3.05, 3.63) is 24.3 Å². The first-order chi connectivity index (χ1) is 11.9. The van der Waals surface area contributed by atoms with Crippen LogP contribution >= 0.6 is 12.4 Å². The fourth-order valence-electron chi connectivity index (χ4n) is 3.26. The van der Waals surface area contributed by atoms with Crippen molar-refractivity contribution in [2.24, 2.45) is 0 Å². The number of halogens is 1. The van der Waals surface area contributed by atoms with Gasteiger partial charge in [-0.25, -0.2) is 16.8 Å². The molecule has 7 nitrogen and oxygen atoms in total. The van der Waals surface area contributed by atoms with E-state index < -0.39 is 20.0 Å². The normalized spacial score (nSPS) is 20.9. The van der Waals surface area contributed by atoms with E-state index in [1.807, 2.05) is 0 Å². The zero-order chi connectivity index (χ0) is 17.9. The molecule has 1 N–H and O–H groups in total. The first-order valence-corrected chi connectivity index (χ1v) is 11.6. The smallest absolute Gasteiger partial charge is 0.243 e. The molecule has 2 heterocycles. The van der Waals surface area contributed by atoms with Crippen molar-refractivity contribution in [1.29, 1.82) is 0 Å². The van der Waals surface area contributed by atoms with Crippen molar-refractivity contribution >= 4 is 32.5 Å². The average Bonchev–Trinajstić information content (AvgIpc) is 2.92. The van der Waals surface area contributed by atoms with Crippen LogP contribution in [0.5, 0.6) is 0 Å². The number of sulfonamides is 2. The molecule has 1 aromatic carbocycles. The molecular formula is C16H26ClN3O4S2. The van der Waals surface area contributed by atoms with Crippen LogP contribution in [0.1, 0.15) is 25.7 Å². The Morgan fingerprint density at radius 2 is 1.19 bits per heavy atom. The van der Waals surface area contributed by atoms with Gasteiger partial charge < -0.3 is 5.32 Å². The molecule has 2 fully saturated rings. The van der Waals surface area contributed by atoms with E-state index in [2.05, 4.69) is 5.32 Å². The molecule has 10 heteroatoms. The van der Waals surface area contributed by atoms with Gasteiger partial charge in [-0.1, -0.05) is 18.9 Å². The Morgan fingerprint density at radius 1 is 0.731 bits per heavy atom. The van der Waals surface area contributed by atoms with Crippen molar-refractivity contribution in [2.75, 3.05) is 39.3 Å². The van der Waals surface area contributed by atoms with Crippen LogP contribution in [0, 0.1) is 0 Å². The molecule has 1 aromatic rings. The van der Waals surface area contributed by atoms with Crippen LogP contribution in [-0.4, -0.2) is 64.7 Å². The molecule has 0 amide bonds. The van der Waals surface area contributed by atoms with E-state index >= 15 is 0 Å². The minimum atomic E-state index is -3.67. The van der Waals surface area contributed by atoms with Gasteiger partial charge in [-0.05, 0) is 31.0 Å². The quantitative estimate of drug-likeness (QED) is 0.787. The second kappa shape index (κ2) is 8.99. The van der Waals surface area contributed by atoms with E-state index in [0.29, 0.717) is 39.3 Å². The van der Waals surface area contributed by atoms with E-state index in [9.17, 15) is 16.8 Å². The van der Waals surface area contributed by atoms with Crippen LogP contribution in [-0.2, 0) is 20.0 Å². The van der Waals surface area contributed by atoms with Gasteiger partial charge in [0.05, 0.1) is 9.79 Å². The van der Waals surface area contributed by atoms with Gasteiger partial charge >= 0.3 is 0 Å². The van der Waals surface area contributed by atoms with Crippen LogP contribution < -0.4 is 5.32 Å². The van der Waals surface area contributed by atoms with Crippen LogP contribution in [0.25, 0.3) is 0 Å². The largest absolute Gasteiger partial charge is 0.314 e. The summed E-state index contributed by atoms with van der Waals surface area (Å²) in [5, 5.41) is 3.11.